The topological polar surface area (TPSA) is 49.3 Å². The van der Waals surface area contributed by atoms with Crippen LogP contribution in [0.25, 0.3) is 0 Å². The van der Waals surface area contributed by atoms with E-state index in [1.807, 2.05) is 30.1 Å². The van der Waals surface area contributed by atoms with E-state index in [1.54, 1.807) is 7.05 Å². The van der Waals surface area contributed by atoms with Gasteiger partial charge in [-0.25, -0.2) is 0 Å². The van der Waals surface area contributed by atoms with Gasteiger partial charge in [0.05, 0.1) is 12.2 Å². The molecule has 0 aliphatic carbocycles. The van der Waals surface area contributed by atoms with Gasteiger partial charge in [-0.3, -0.25) is 9.98 Å². The molecule has 4 nitrogen and oxygen atoms in total. The monoisotopic (exact) mass is 442 g/mol. The number of halogens is 1. The molecular weight excluding hydrogens is 419 g/mol. The molecule has 0 spiro atoms. The van der Waals surface area contributed by atoms with Crippen molar-refractivity contribution in [1.29, 1.82) is 0 Å². The van der Waals surface area contributed by atoms with Crippen LogP contribution in [0.15, 0.2) is 58.5 Å². The Kier molecular flexibility index (Phi) is 9.70. The molecule has 0 saturated heterocycles. The van der Waals surface area contributed by atoms with Gasteiger partial charge in [0.1, 0.15) is 0 Å². The summed E-state index contributed by atoms with van der Waals surface area (Å²) in [4.78, 5) is 9.89. The Morgan fingerprint density at radius 2 is 1.91 bits per heavy atom. The number of hydrogen-bond donors (Lipinski definition) is 2. The first kappa shape index (κ1) is 19.8. The minimum atomic E-state index is 0. The van der Waals surface area contributed by atoms with Crippen molar-refractivity contribution in [2.45, 2.75) is 18.4 Å². The van der Waals surface area contributed by atoms with Gasteiger partial charge < -0.3 is 10.6 Å². The zero-order chi connectivity index (χ0) is 15.6. The number of benzene rings is 1. The SMILES string of the molecule is CN=C(NCCSc1ccccc1)NCc1ncccc1C.I. The van der Waals surface area contributed by atoms with Crippen LogP contribution in [0.3, 0.4) is 0 Å². The molecule has 0 unspecified atom stereocenters. The van der Waals surface area contributed by atoms with Crippen LogP contribution in [0, 0.1) is 6.92 Å². The maximum absolute atomic E-state index is 4.37. The fraction of sp³-hybridized carbons (Fsp3) is 0.294. The van der Waals surface area contributed by atoms with E-state index in [0.717, 1.165) is 24.0 Å². The maximum atomic E-state index is 4.37. The summed E-state index contributed by atoms with van der Waals surface area (Å²) in [5, 5.41) is 6.61. The molecule has 2 rings (SSSR count). The summed E-state index contributed by atoms with van der Waals surface area (Å²) in [6.07, 6.45) is 1.82. The Labute approximate surface area is 159 Å². The van der Waals surface area contributed by atoms with Gasteiger partial charge >= 0.3 is 0 Å². The third-order valence-electron chi connectivity index (χ3n) is 3.17. The Morgan fingerprint density at radius 1 is 1.13 bits per heavy atom. The lowest BCUT2D eigenvalue weighted by Crippen LogP contribution is -2.38. The second kappa shape index (κ2) is 11.3. The van der Waals surface area contributed by atoms with E-state index in [9.17, 15) is 0 Å². The van der Waals surface area contributed by atoms with Crippen LogP contribution >= 0.6 is 35.7 Å². The molecule has 2 aromatic rings. The number of rotatable bonds is 6. The highest BCUT2D eigenvalue weighted by Gasteiger charge is 2.01. The van der Waals surface area contributed by atoms with E-state index in [2.05, 4.69) is 57.9 Å². The van der Waals surface area contributed by atoms with E-state index in [-0.39, 0.29) is 24.0 Å². The van der Waals surface area contributed by atoms with Crippen molar-refractivity contribution in [1.82, 2.24) is 15.6 Å². The predicted octanol–water partition coefficient (Wildman–Crippen LogP) is 3.47. The highest BCUT2D eigenvalue weighted by molar-refractivity contribution is 14.0. The van der Waals surface area contributed by atoms with Gasteiger partial charge in [0.15, 0.2) is 5.96 Å². The smallest absolute Gasteiger partial charge is 0.191 e. The molecule has 0 aliphatic heterocycles. The molecule has 0 bridgehead atoms. The highest BCUT2D eigenvalue weighted by Crippen LogP contribution is 2.15. The summed E-state index contributed by atoms with van der Waals surface area (Å²) in [5.74, 6) is 1.80. The minimum absolute atomic E-state index is 0. The van der Waals surface area contributed by atoms with Crippen molar-refractivity contribution in [3.05, 3.63) is 59.9 Å². The Balaban J connectivity index is 0.00000264. The molecule has 1 aromatic heterocycles. The van der Waals surface area contributed by atoms with E-state index in [1.165, 1.54) is 10.5 Å². The molecule has 6 heteroatoms. The van der Waals surface area contributed by atoms with Crippen molar-refractivity contribution in [2.75, 3.05) is 19.3 Å². The van der Waals surface area contributed by atoms with Crippen LogP contribution in [-0.2, 0) is 6.54 Å². The number of aromatic nitrogens is 1. The third kappa shape index (κ3) is 7.22. The van der Waals surface area contributed by atoms with Gasteiger partial charge in [-0.05, 0) is 30.7 Å². The van der Waals surface area contributed by atoms with Crippen LogP contribution in [0.5, 0.6) is 0 Å². The van der Waals surface area contributed by atoms with E-state index in [4.69, 9.17) is 0 Å². The number of nitrogens with one attached hydrogen (secondary N) is 2. The van der Waals surface area contributed by atoms with Crippen LogP contribution in [0.1, 0.15) is 11.3 Å². The van der Waals surface area contributed by atoms with Crippen molar-refractivity contribution >= 4 is 41.7 Å². The summed E-state index contributed by atoms with van der Waals surface area (Å²) in [6, 6.07) is 14.4. The van der Waals surface area contributed by atoms with E-state index in [0.29, 0.717) is 6.54 Å². The van der Waals surface area contributed by atoms with Gasteiger partial charge in [-0.15, -0.1) is 35.7 Å². The Bertz CT molecular complexity index is 605. The van der Waals surface area contributed by atoms with Gasteiger partial charge in [-0.1, -0.05) is 24.3 Å². The molecule has 0 atom stereocenters. The average molecular weight is 442 g/mol. The largest absolute Gasteiger partial charge is 0.356 e. The van der Waals surface area contributed by atoms with Crippen molar-refractivity contribution in [3.8, 4) is 0 Å². The molecule has 2 N–H and O–H groups in total. The number of aliphatic imine (C=N–C) groups is 1. The first-order chi connectivity index (χ1) is 10.8. The predicted molar refractivity (Wildman–Crippen MR) is 110 cm³/mol. The van der Waals surface area contributed by atoms with Gasteiger partial charge in [0.2, 0.25) is 0 Å². The molecule has 0 radical (unpaired) electrons. The summed E-state index contributed by atoms with van der Waals surface area (Å²) in [7, 11) is 1.78. The van der Waals surface area contributed by atoms with Crippen LogP contribution in [0.2, 0.25) is 0 Å². The number of guanidine groups is 1. The van der Waals surface area contributed by atoms with Gasteiger partial charge in [-0.2, -0.15) is 0 Å². The standard InChI is InChI=1S/C17H22N4S.HI/c1-14-7-6-10-19-16(14)13-21-17(18-2)20-11-12-22-15-8-4-3-5-9-15;/h3-10H,11-13H2,1-2H3,(H2,18,20,21);1H. The number of hydrogen-bond acceptors (Lipinski definition) is 3. The Hall–Kier alpha value is -1.28. The van der Waals surface area contributed by atoms with Crippen molar-refractivity contribution in [3.63, 3.8) is 0 Å². The summed E-state index contributed by atoms with van der Waals surface area (Å²) >= 11 is 1.83. The average Bonchev–Trinajstić information content (AvgIpc) is 2.56. The third-order valence-corrected chi connectivity index (χ3v) is 4.18. The molecule has 0 fully saturated rings. The van der Waals surface area contributed by atoms with Crippen LogP contribution < -0.4 is 10.6 Å². The zero-order valence-electron chi connectivity index (χ0n) is 13.5. The van der Waals surface area contributed by atoms with Gasteiger partial charge in [0, 0.05) is 30.4 Å². The molecule has 0 saturated carbocycles. The quantitative estimate of drug-likeness (QED) is 0.237. The second-order valence-electron chi connectivity index (χ2n) is 4.78. The van der Waals surface area contributed by atoms with E-state index < -0.39 is 0 Å². The molecule has 23 heavy (non-hydrogen) atoms. The molecule has 0 amide bonds. The lowest BCUT2D eigenvalue weighted by atomic mass is 10.2. The molecular formula is C17H23IN4S. The lowest BCUT2D eigenvalue weighted by Gasteiger charge is -2.12. The zero-order valence-corrected chi connectivity index (χ0v) is 16.6. The van der Waals surface area contributed by atoms with Crippen molar-refractivity contribution in [2.24, 2.45) is 4.99 Å². The fourth-order valence-electron chi connectivity index (χ4n) is 1.95. The Morgan fingerprint density at radius 3 is 2.61 bits per heavy atom. The number of nitrogens with zero attached hydrogens (tertiary/aromatic N) is 2. The number of pyridine rings is 1. The second-order valence-corrected chi connectivity index (χ2v) is 5.95. The minimum Gasteiger partial charge on any atom is -0.356 e. The normalized spacial score (nSPS) is 10.8. The van der Waals surface area contributed by atoms with Crippen LogP contribution in [0.4, 0.5) is 0 Å². The summed E-state index contributed by atoms with van der Waals surface area (Å²) in [5.41, 5.74) is 2.23. The van der Waals surface area contributed by atoms with Crippen LogP contribution in [-0.4, -0.2) is 30.3 Å². The summed E-state index contributed by atoms with van der Waals surface area (Å²) < 4.78 is 0. The molecule has 124 valence electrons. The van der Waals surface area contributed by atoms with Gasteiger partial charge in [0.25, 0.3) is 0 Å². The van der Waals surface area contributed by atoms with E-state index >= 15 is 0 Å². The maximum Gasteiger partial charge on any atom is 0.191 e. The lowest BCUT2D eigenvalue weighted by molar-refractivity contribution is 0.807. The molecule has 1 heterocycles. The molecule has 0 aliphatic rings. The first-order valence-electron chi connectivity index (χ1n) is 7.32. The highest BCUT2D eigenvalue weighted by atomic mass is 127. The number of aryl methyl sites for hydroxylation is 1. The summed E-state index contributed by atoms with van der Waals surface area (Å²) in [6.45, 7) is 3.61. The fourth-order valence-corrected chi connectivity index (χ4v) is 2.74. The molecule has 1 aromatic carbocycles. The number of thioether (sulfide) groups is 1. The first-order valence-corrected chi connectivity index (χ1v) is 8.31. The van der Waals surface area contributed by atoms with Crippen molar-refractivity contribution < 1.29 is 0 Å².